The molecule has 2 aliphatic heterocycles. The Labute approximate surface area is 135 Å². The number of morpholine rings is 1. The van der Waals surface area contributed by atoms with Crippen molar-refractivity contribution in [3.8, 4) is 0 Å². The molecule has 1 aromatic heterocycles. The van der Waals surface area contributed by atoms with Crippen molar-refractivity contribution in [1.82, 2.24) is 9.29 Å². The molecule has 0 aliphatic carbocycles. The molecular formula is C16H18N2O4S. The van der Waals surface area contributed by atoms with Gasteiger partial charge in [-0.1, -0.05) is 18.2 Å². The highest BCUT2D eigenvalue weighted by atomic mass is 32.2. The predicted molar refractivity (Wildman–Crippen MR) is 84.6 cm³/mol. The van der Waals surface area contributed by atoms with Crippen LogP contribution in [-0.4, -0.2) is 56.2 Å². The Hall–Kier alpha value is -1.54. The Morgan fingerprint density at radius 2 is 2.04 bits per heavy atom. The van der Waals surface area contributed by atoms with E-state index in [4.69, 9.17) is 9.47 Å². The Morgan fingerprint density at radius 3 is 2.87 bits per heavy atom. The van der Waals surface area contributed by atoms with Crippen molar-refractivity contribution in [2.24, 2.45) is 0 Å². The molecule has 6 nitrogen and oxygen atoms in total. The molecule has 23 heavy (non-hydrogen) atoms. The molecule has 0 saturated carbocycles. The largest absolute Gasteiger partial charge is 0.378 e. The van der Waals surface area contributed by atoms with E-state index >= 15 is 0 Å². The molecular weight excluding hydrogens is 316 g/mol. The minimum absolute atomic E-state index is 0.256. The number of para-hydroxylation sites is 1. The van der Waals surface area contributed by atoms with Crippen LogP contribution < -0.4 is 0 Å². The van der Waals surface area contributed by atoms with E-state index in [1.807, 2.05) is 12.1 Å². The number of hydrogen-bond donors (Lipinski definition) is 0. The Morgan fingerprint density at radius 1 is 1.17 bits per heavy atom. The molecule has 1 aromatic carbocycles. The first-order valence-electron chi connectivity index (χ1n) is 7.66. The second kappa shape index (κ2) is 5.52. The average Bonchev–Trinajstić information content (AvgIpc) is 3.02. The number of hydrogen-bond acceptors (Lipinski definition) is 5. The van der Waals surface area contributed by atoms with Crippen LogP contribution >= 0.6 is 0 Å². The summed E-state index contributed by atoms with van der Waals surface area (Å²) in [7, 11) is -3.62. The molecule has 0 N–H and O–H groups in total. The number of fused-ring (bicyclic) bond motifs is 1. The van der Waals surface area contributed by atoms with E-state index in [-0.39, 0.29) is 4.90 Å². The summed E-state index contributed by atoms with van der Waals surface area (Å²) in [4.78, 5) is 4.53. The van der Waals surface area contributed by atoms with E-state index in [0.717, 1.165) is 11.8 Å². The monoisotopic (exact) mass is 334 g/mol. The lowest BCUT2D eigenvalue weighted by atomic mass is 10.0. The summed E-state index contributed by atoms with van der Waals surface area (Å²) >= 11 is 0. The SMILES string of the molecule is O=S(=O)(c1cccc2cccnc12)N1CCO[C@]2(CCOC2)C1. The van der Waals surface area contributed by atoms with Gasteiger partial charge >= 0.3 is 0 Å². The van der Waals surface area contributed by atoms with Crippen LogP contribution in [0.5, 0.6) is 0 Å². The molecule has 2 aromatic rings. The number of pyridine rings is 1. The van der Waals surface area contributed by atoms with Crippen LogP contribution in [0.4, 0.5) is 0 Å². The maximum atomic E-state index is 13.1. The molecule has 2 aliphatic rings. The molecule has 1 atom stereocenters. The molecule has 7 heteroatoms. The first kappa shape index (κ1) is 15.0. The smallest absolute Gasteiger partial charge is 0.245 e. The summed E-state index contributed by atoms with van der Waals surface area (Å²) in [6.45, 7) is 2.14. The maximum Gasteiger partial charge on any atom is 0.245 e. The van der Waals surface area contributed by atoms with Gasteiger partial charge in [0.25, 0.3) is 0 Å². The topological polar surface area (TPSA) is 68.7 Å². The number of aromatic nitrogens is 1. The van der Waals surface area contributed by atoms with Crippen molar-refractivity contribution < 1.29 is 17.9 Å². The predicted octanol–water partition coefficient (Wildman–Crippen LogP) is 1.41. The van der Waals surface area contributed by atoms with Crippen molar-refractivity contribution >= 4 is 20.9 Å². The zero-order chi connectivity index (χ0) is 15.9. The molecule has 2 saturated heterocycles. The van der Waals surface area contributed by atoms with Crippen LogP contribution in [0.25, 0.3) is 10.9 Å². The molecule has 0 radical (unpaired) electrons. The molecule has 0 amide bonds. The third-order valence-electron chi connectivity index (χ3n) is 4.49. The van der Waals surface area contributed by atoms with Crippen molar-refractivity contribution in [3.05, 3.63) is 36.5 Å². The first-order chi connectivity index (χ1) is 11.1. The fourth-order valence-electron chi connectivity index (χ4n) is 3.27. The maximum absolute atomic E-state index is 13.1. The molecule has 2 fully saturated rings. The molecule has 3 heterocycles. The van der Waals surface area contributed by atoms with E-state index in [1.54, 1.807) is 24.4 Å². The lowest BCUT2D eigenvalue weighted by molar-refractivity contribution is -0.0897. The van der Waals surface area contributed by atoms with Gasteiger partial charge in [0.05, 0.1) is 18.7 Å². The first-order valence-corrected chi connectivity index (χ1v) is 9.10. The quantitative estimate of drug-likeness (QED) is 0.831. The van der Waals surface area contributed by atoms with E-state index in [2.05, 4.69) is 4.98 Å². The van der Waals surface area contributed by atoms with Crippen molar-refractivity contribution in [2.75, 3.05) is 32.9 Å². The summed E-state index contributed by atoms with van der Waals surface area (Å²) in [5.74, 6) is 0. The van der Waals surface area contributed by atoms with Crippen LogP contribution in [0, 0.1) is 0 Å². The van der Waals surface area contributed by atoms with Gasteiger partial charge in [-0.05, 0) is 12.1 Å². The molecule has 1 spiro atoms. The van der Waals surface area contributed by atoms with Gasteiger partial charge in [0, 0.05) is 37.7 Å². The minimum Gasteiger partial charge on any atom is -0.378 e. The van der Waals surface area contributed by atoms with Gasteiger partial charge in [0.2, 0.25) is 10.0 Å². The van der Waals surface area contributed by atoms with Crippen LogP contribution in [0.15, 0.2) is 41.4 Å². The van der Waals surface area contributed by atoms with E-state index in [9.17, 15) is 8.42 Å². The van der Waals surface area contributed by atoms with E-state index < -0.39 is 15.6 Å². The molecule has 0 unspecified atom stereocenters. The Balaban J connectivity index is 1.74. The highest BCUT2D eigenvalue weighted by Crippen LogP contribution is 2.31. The lowest BCUT2D eigenvalue weighted by Gasteiger charge is -2.38. The summed E-state index contributed by atoms with van der Waals surface area (Å²) in [5.41, 5.74) is 0.0155. The third kappa shape index (κ3) is 2.53. The van der Waals surface area contributed by atoms with Crippen LogP contribution in [0.3, 0.4) is 0 Å². The Bertz CT molecular complexity index is 826. The van der Waals surface area contributed by atoms with Gasteiger partial charge in [-0.2, -0.15) is 4.31 Å². The van der Waals surface area contributed by atoms with Gasteiger partial charge in [0.15, 0.2) is 0 Å². The normalized spacial score (nSPS) is 26.1. The van der Waals surface area contributed by atoms with Gasteiger partial charge in [-0.15, -0.1) is 0 Å². The summed E-state index contributed by atoms with van der Waals surface area (Å²) in [6, 6.07) is 8.92. The minimum atomic E-state index is -3.62. The highest BCUT2D eigenvalue weighted by molar-refractivity contribution is 7.89. The van der Waals surface area contributed by atoms with Crippen LogP contribution in [0.1, 0.15) is 6.42 Å². The average molecular weight is 334 g/mol. The standard InChI is InChI=1S/C16H18N2O4S/c19-23(20,14-5-1-3-13-4-2-7-17-15(13)14)18-8-10-22-16(11-18)6-9-21-12-16/h1-5,7H,6,8-12H2/t16-/m1/s1. The van der Waals surface area contributed by atoms with Gasteiger partial charge in [-0.3, -0.25) is 4.98 Å². The summed E-state index contributed by atoms with van der Waals surface area (Å²) < 4.78 is 39.0. The number of benzene rings is 1. The van der Waals surface area contributed by atoms with Crippen LogP contribution in [-0.2, 0) is 19.5 Å². The highest BCUT2D eigenvalue weighted by Gasteiger charge is 2.44. The number of ether oxygens (including phenoxy) is 2. The second-order valence-corrected chi connectivity index (χ2v) is 7.91. The summed E-state index contributed by atoms with van der Waals surface area (Å²) in [5, 5.41) is 0.820. The van der Waals surface area contributed by atoms with Crippen molar-refractivity contribution in [3.63, 3.8) is 0 Å². The fourth-order valence-corrected chi connectivity index (χ4v) is 4.93. The van der Waals surface area contributed by atoms with Crippen molar-refractivity contribution in [1.29, 1.82) is 0 Å². The van der Waals surface area contributed by atoms with Gasteiger partial charge < -0.3 is 9.47 Å². The van der Waals surface area contributed by atoms with Crippen LogP contribution in [0.2, 0.25) is 0 Å². The lowest BCUT2D eigenvalue weighted by Crippen LogP contribution is -2.54. The molecule has 4 rings (SSSR count). The number of rotatable bonds is 2. The summed E-state index contributed by atoms with van der Waals surface area (Å²) in [6.07, 6.45) is 2.35. The zero-order valence-electron chi connectivity index (χ0n) is 12.6. The fraction of sp³-hybridized carbons (Fsp3) is 0.438. The number of sulfonamides is 1. The zero-order valence-corrected chi connectivity index (χ0v) is 13.5. The Kier molecular flexibility index (Phi) is 3.60. The van der Waals surface area contributed by atoms with Crippen molar-refractivity contribution in [2.45, 2.75) is 16.9 Å². The number of nitrogens with zero attached hydrogens (tertiary/aromatic N) is 2. The molecule has 0 bridgehead atoms. The van der Waals surface area contributed by atoms with E-state index in [1.165, 1.54) is 4.31 Å². The van der Waals surface area contributed by atoms with Gasteiger partial charge in [0.1, 0.15) is 10.5 Å². The van der Waals surface area contributed by atoms with E-state index in [0.29, 0.717) is 38.4 Å². The second-order valence-electron chi connectivity index (χ2n) is 6.00. The molecule has 122 valence electrons. The third-order valence-corrected chi connectivity index (χ3v) is 6.37. The van der Waals surface area contributed by atoms with Gasteiger partial charge in [-0.25, -0.2) is 8.42 Å².